The summed E-state index contributed by atoms with van der Waals surface area (Å²) < 4.78 is 6.30. The normalized spacial score (nSPS) is 10.5. The number of carbonyl (C=O) groups is 3. The number of aryl methyl sites for hydroxylation is 1. The minimum absolute atomic E-state index is 0.229. The Balaban J connectivity index is 1.89. The number of methoxy groups -OCH3 is 1. The van der Waals surface area contributed by atoms with Crippen molar-refractivity contribution in [2.24, 2.45) is 0 Å². The van der Waals surface area contributed by atoms with Crippen LogP contribution >= 0.6 is 11.3 Å². The first-order chi connectivity index (χ1) is 12.9. The molecule has 0 aliphatic carbocycles. The fourth-order valence-corrected chi connectivity index (χ4v) is 3.51. The van der Waals surface area contributed by atoms with E-state index in [1.807, 2.05) is 30.3 Å². The lowest BCUT2D eigenvalue weighted by Crippen LogP contribution is -2.24. The van der Waals surface area contributed by atoms with Crippen LogP contribution in [-0.4, -0.2) is 34.6 Å². The van der Waals surface area contributed by atoms with Gasteiger partial charge in [0.25, 0.3) is 11.7 Å². The van der Waals surface area contributed by atoms with E-state index in [0.29, 0.717) is 11.4 Å². The Hall–Kier alpha value is -3.26. The van der Waals surface area contributed by atoms with E-state index in [1.54, 1.807) is 30.0 Å². The highest BCUT2D eigenvalue weighted by molar-refractivity contribution is 7.12. The van der Waals surface area contributed by atoms with Crippen LogP contribution in [0.4, 0.5) is 5.69 Å². The number of amides is 1. The molecule has 27 heavy (non-hydrogen) atoms. The maximum atomic E-state index is 12.7. The topological polar surface area (TPSA) is 90.3 Å². The molecule has 138 valence electrons. The van der Waals surface area contributed by atoms with Gasteiger partial charge in [0, 0.05) is 0 Å². The molecule has 2 heterocycles. The van der Waals surface area contributed by atoms with Crippen molar-refractivity contribution in [1.82, 2.24) is 9.78 Å². The Kier molecular flexibility index (Phi) is 5.18. The minimum Gasteiger partial charge on any atom is -0.465 e. The van der Waals surface area contributed by atoms with Gasteiger partial charge in [0.1, 0.15) is 4.88 Å². The number of ketones is 1. The minimum atomic E-state index is -0.836. The fourth-order valence-electron chi connectivity index (χ4n) is 2.74. The standard InChI is InChI=1S/C19H17N3O4S/c1-11-15(12(2)22(21-11)13-7-5-4-6-8-13)16(23)18(24)20-14-9-10-27-17(14)19(25)26-3/h4-10H,1-3H3,(H,20,24). The average Bonchev–Trinajstić information content (AvgIpc) is 3.25. The number of nitrogens with one attached hydrogen (secondary N) is 1. The van der Waals surface area contributed by atoms with Crippen LogP contribution in [0.1, 0.15) is 31.4 Å². The molecule has 3 rings (SSSR count). The number of rotatable bonds is 5. The van der Waals surface area contributed by atoms with Crippen molar-refractivity contribution in [2.75, 3.05) is 12.4 Å². The van der Waals surface area contributed by atoms with Gasteiger partial charge in [0.2, 0.25) is 0 Å². The predicted octanol–water partition coefficient (Wildman–Crippen LogP) is 3.16. The molecule has 1 N–H and O–H groups in total. The van der Waals surface area contributed by atoms with Gasteiger partial charge < -0.3 is 10.1 Å². The van der Waals surface area contributed by atoms with Crippen LogP contribution in [0, 0.1) is 13.8 Å². The molecular weight excluding hydrogens is 366 g/mol. The molecule has 0 aliphatic rings. The second kappa shape index (κ2) is 7.55. The smallest absolute Gasteiger partial charge is 0.350 e. The number of hydrogen-bond donors (Lipinski definition) is 1. The zero-order chi connectivity index (χ0) is 19.6. The zero-order valence-corrected chi connectivity index (χ0v) is 15.8. The molecule has 1 aromatic carbocycles. The Morgan fingerprint density at radius 1 is 1.11 bits per heavy atom. The molecule has 3 aromatic rings. The first-order valence-electron chi connectivity index (χ1n) is 8.07. The van der Waals surface area contributed by atoms with Gasteiger partial charge in [-0.15, -0.1) is 11.3 Å². The van der Waals surface area contributed by atoms with E-state index in [2.05, 4.69) is 15.2 Å². The summed E-state index contributed by atoms with van der Waals surface area (Å²) in [6, 6.07) is 10.9. The number of ether oxygens (including phenoxy) is 1. The molecule has 2 aromatic heterocycles. The zero-order valence-electron chi connectivity index (χ0n) is 15.0. The summed E-state index contributed by atoms with van der Waals surface area (Å²) in [6.07, 6.45) is 0. The third kappa shape index (κ3) is 3.52. The maximum Gasteiger partial charge on any atom is 0.350 e. The van der Waals surface area contributed by atoms with Crippen LogP contribution in [0.15, 0.2) is 41.8 Å². The Morgan fingerprint density at radius 2 is 1.81 bits per heavy atom. The van der Waals surface area contributed by atoms with Crippen molar-refractivity contribution < 1.29 is 19.1 Å². The maximum absolute atomic E-state index is 12.7. The third-order valence-electron chi connectivity index (χ3n) is 4.01. The lowest BCUT2D eigenvalue weighted by molar-refractivity contribution is -0.112. The summed E-state index contributed by atoms with van der Waals surface area (Å²) in [5.41, 5.74) is 2.30. The summed E-state index contributed by atoms with van der Waals surface area (Å²) in [5.74, 6) is -2.12. The average molecular weight is 383 g/mol. The molecule has 0 fully saturated rings. The van der Waals surface area contributed by atoms with E-state index in [9.17, 15) is 14.4 Å². The van der Waals surface area contributed by atoms with Crippen molar-refractivity contribution in [2.45, 2.75) is 13.8 Å². The number of benzene rings is 1. The van der Waals surface area contributed by atoms with Crippen LogP contribution in [0.2, 0.25) is 0 Å². The van der Waals surface area contributed by atoms with Gasteiger partial charge in [0.15, 0.2) is 0 Å². The Morgan fingerprint density at radius 3 is 2.48 bits per heavy atom. The van der Waals surface area contributed by atoms with Gasteiger partial charge in [-0.3, -0.25) is 9.59 Å². The van der Waals surface area contributed by atoms with Crippen LogP contribution in [-0.2, 0) is 9.53 Å². The first kappa shape index (κ1) is 18.5. The number of aromatic nitrogens is 2. The second-order valence-electron chi connectivity index (χ2n) is 5.73. The molecule has 0 spiro atoms. The van der Waals surface area contributed by atoms with E-state index < -0.39 is 17.7 Å². The molecule has 0 bridgehead atoms. The number of anilines is 1. The highest BCUT2D eigenvalue weighted by Crippen LogP contribution is 2.24. The monoisotopic (exact) mass is 383 g/mol. The highest BCUT2D eigenvalue weighted by Gasteiger charge is 2.26. The second-order valence-corrected chi connectivity index (χ2v) is 6.65. The lowest BCUT2D eigenvalue weighted by atomic mass is 10.1. The van der Waals surface area contributed by atoms with Crippen LogP contribution in [0.25, 0.3) is 5.69 Å². The summed E-state index contributed by atoms with van der Waals surface area (Å²) >= 11 is 1.12. The number of thiophene rings is 1. The van der Waals surface area contributed by atoms with E-state index in [0.717, 1.165) is 17.0 Å². The van der Waals surface area contributed by atoms with Gasteiger partial charge in [-0.1, -0.05) is 18.2 Å². The van der Waals surface area contributed by atoms with Gasteiger partial charge in [-0.2, -0.15) is 5.10 Å². The summed E-state index contributed by atoms with van der Waals surface area (Å²) in [5, 5.41) is 8.51. The predicted molar refractivity (Wildman–Crippen MR) is 102 cm³/mol. The first-order valence-corrected chi connectivity index (χ1v) is 8.95. The number of hydrogen-bond acceptors (Lipinski definition) is 6. The largest absolute Gasteiger partial charge is 0.465 e. The Bertz CT molecular complexity index is 1020. The summed E-state index contributed by atoms with van der Waals surface area (Å²) in [4.78, 5) is 37.2. The number of nitrogens with zero attached hydrogens (tertiary/aromatic N) is 2. The number of esters is 1. The molecule has 7 nitrogen and oxygen atoms in total. The number of carbonyl (C=O) groups excluding carboxylic acids is 3. The molecule has 8 heteroatoms. The number of para-hydroxylation sites is 1. The molecule has 0 radical (unpaired) electrons. The number of Topliss-reactive ketones (excluding diaryl/α,β-unsaturated/α-hetero) is 1. The lowest BCUT2D eigenvalue weighted by Gasteiger charge is -2.06. The van der Waals surface area contributed by atoms with Gasteiger partial charge in [0.05, 0.1) is 35.4 Å². The Labute approximate surface area is 159 Å². The van der Waals surface area contributed by atoms with Crippen LogP contribution < -0.4 is 5.32 Å². The van der Waals surface area contributed by atoms with E-state index in [4.69, 9.17) is 0 Å². The van der Waals surface area contributed by atoms with E-state index in [1.165, 1.54) is 7.11 Å². The van der Waals surface area contributed by atoms with Crippen molar-refractivity contribution in [1.29, 1.82) is 0 Å². The van der Waals surface area contributed by atoms with Crippen LogP contribution in [0.5, 0.6) is 0 Å². The summed E-state index contributed by atoms with van der Waals surface area (Å²) in [7, 11) is 1.25. The van der Waals surface area contributed by atoms with E-state index in [-0.39, 0.29) is 16.1 Å². The van der Waals surface area contributed by atoms with Gasteiger partial charge in [-0.05, 0) is 37.4 Å². The van der Waals surface area contributed by atoms with Crippen molar-refractivity contribution in [3.05, 3.63) is 63.6 Å². The molecule has 1 amide bonds. The molecule has 0 atom stereocenters. The quantitative estimate of drug-likeness (QED) is 0.415. The van der Waals surface area contributed by atoms with Crippen molar-refractivity contribution in [3.8, 4) is 5.69 Å². The molecule has 0 unspecified atom stereocenters. The molecule has 0 saturated heterocycles. The van der Waals surface area contributed by atoms with E-state index >= 15 is 0 Å². The molecular formula is C19H17N3O4S. The van der Waals surface area contributed by atoms with Crippen molar-refractivity contribution in [3.63, 3.8) is 0 Å². The highest BCUT2D eigenvalue weighted by atomic mass is 32.1. The molecule has 0 saturated carbocycles. The van der Waals surface area contributed by atoms with Crippen molar-refractivity contribution >= 4 is 34.7 Å². The van der Waals surface area contributed by atoms with Gasteiger partial charge >= 0.3 is 5.97 Å². The third-order valence-corrected chi connectivity index (χ3v) is 4.90. The SMILES string of the molecule is COC(=O)c1sccc1NC(=O)C(=O)c1c(C)nn(-c2ccccc2)c1C. The molecule has 0 aliphatic heterocycles. The summed E-state index contributed by atoms with van der Waals surface area (Å²) in [6.45, 7) is 3.41. The van der Waals surface area contributed by atoms with Crippen LogP contribution in [0.3, 0.4) is 0 Å². The fraction of sp³-hybridized carbons (Fsp3) is 0.158. The van der Waals surface area contributed by atoms with Gasteiger partial charge in [-0.25, -0.2) is 9.48 Å².